The Labute approximate surface area is 155 Å². The predicted octanol–water partition coefficient (Wildman–Crippen LogP) is 3.23. The largest absolute Gasteiger partial charge is 0.481 e. The molecule has 0 spiro atoms. The Hall–Kier alpha value is -3.68. The van der Waals surface area contributed by atoms with Crippen molar-refractivity contribution >= 4 is 22.6 Å². The molecule has 4 heterocycles. The second kappa shape index (κ2) is 6.56. The summed E-state index contributed by atoms with van der Waals surface area (Å²) in [5.41, 5.74) is 5.25. The standard InChI is InChI=1S/C19H18N6O2/c1-10-11(2)24-25-17(10)19(26)22-14-6-13-7-15(23-18(13)21-9-14)12-4-5-20-16(8-12)27-3/h4-9H,1-3H3,(H,21,23)(H,22,26)(H,24,25). The number of carbonyl (C=O) groups excluding carboxylic acids is 1. The number of nitrogens with zero attached hydrogens (tertiary/aromatic N) is 3. The number of aromatic nitrogens is 5. The third kappa shape index (κ3) is 3.12. The highest BCUT2D eigenvalue weighted by molar-refractivity contribution is 6.04. The van der Waals surface area contributed by atoms with Crippen LogP contribution in [0.1, 0.15) is 21.7 Å². The van der Waals surface area contributed by atoms with Crippen LogP contribution in [0, 0.1) is 13.8 Å². The second-order valence-electron chi connectivity index (χ2n) is 6.19. The Morgan fingerprint density at radius 1 is 1.19 bits per heavy atom. The maximum atomic E-state index is 12.4. The van der Waals surface area contributed by atoms with Crippen LogP contribution in [-0.4, -0.2) is 38.2 Å². The Morgan fingerprint density at radius 3 is 2.78 bits per heavy atom. The van der Waals surface area contributed by atoms with Gasteiger partial charge in [-0.1, -0.05) is 0 Å². The summed E-state index contributed by atoms with van der Waals surface area (Å²) in [6.07, 6.45) is 3.31. The van der Waals surface area contributed by atoms with Gasteiger partial charge in [-0.15, -0.1) is 0 Å². The van der Waals surface area contributed by atoms with Crippen molar-refractivity contribution in [3.8, 4) is 17.1 Å². The zero-order chi connectivity index (χ0) is 19.0. The molecule has 0 fully saturated rings. The number of H-pyrrole nitrogens is 2. The number of methoxy groups -OCH3 is 1. The van der Waals surface area contributed by atoms with Crippen LogP contribution >= 0.6 is 0 Å². The minimum atomic E-state index is -0.246. The third-order valence-electron chi connectivity index (χ3n) is 4.46. The SMILES string of the molecule is COc1cc(-c2cc3cc(NC(=O)c4[nH]nc(C)c4C)cnc3[nH]2)ccn1. The van der Waals surface area contributed by atoms with Crippen molar-refractivity contribution < 1.29 is 9.53 Å². The zero-order valence-electron chi connectivity index (χ0n) is 15.1. The number of pyridine rings is 2. The number of amides is 1. The molecule has 4 rings (SSSR count). The summed E-state index contributed by atoms with van der Waals surface area (Å²) in [5, 5.41) is 10.6. The molecule has 0 aliphatic heterocycles. The second-order valence-corrected chi connectivity index (χ2v) is 6.19. The maximum Gasteiger partial charge on any atom is 0.273 e. The molecule has 0 aliphatic rings. The first-order valence-electron chi connectivity index (χ1n) is 8.37. The smallest absolute Gasteiger partial charge is 0.273 e. The molecule has 27 heavy (non-hydrogen) atoms. The summed E-state index contributed by atoms with van der Waals surface area (Å²) in [7, 11) is 1.58. The average Bonchev–Trinajstić information content (AvgIpc) is 3.25. The molecule has 8 nitrogen and oxygen atoms in total. The van der Waals surface area contributed by atoms with E-state index in [1.165, 1.54) is 0 Å². The summed E-state index contributed by atoms with van der Waals surface area (Å²) < 4.78 is 5.17. The molecule has 1 amide bonds. The van der Waals surface area contributed by atoms with Gasteiger partial charge in [0.05, 0.1) is 24.7 Å². The number of hydrogen-bond acceptors (Lipinski definition) is 5. The minimum Gasteiger partial charge on any atom is -0.481 e. The van der Waals surface area contributed by atoms with E-state index in [0.29, 0.717) is 17.3 Å². The van der Waals surface area contributed by atoms with Gasteiger partial charge in [-0.3, -0.25) is 9.89 Å². The first kappa shape index (κ1) is 16.8. The van der Waals surface area contributed by atoms with E-state index in [0.717, 1.165) is 33.5 Å². The normalized spacial score (nSPS) is 10.9. The number of aromatic amines is 2. The molecular weight excluding hydrogens is 344 g/mol. The van der Waals surface area contributed by atoms with Gasteiger partial charge in [-0.2, -0.15) is 5.10 Å². The molecule has 3 N–H and O–H groups in total. The van der Waals surface area contributed by atoms with Gasteiger partial charge in [-0.25, -0.2) is 9.97 Å². The van der Waals surface area contributed by atoms with Gasteiger partial charge in [0.25, 0.3) is 5.91 Å². The van der Waals surface area contributed by atoms with Crippen molar-refractivity contribution in [1.29, 1.82) is 0 Å². The molecule has 4 aromatic rings. The molecule has 0 saturated carbocycles. The van der Waals surface area contributed by atoms with Crippen molar-refractivity contribution in [2.75, 3.05) is 12.4 Å². The van der Waals surface area contributed by atoms with Gasteiger partial charge in [0, 0.05) is 34.5 Å². The van der Waals surface area contributed by atoms with Crippen LogP contribution in [0.4, 0.5) is 5.69 Å². The highest BCUT2D eigenvalue weighted by Gasteiger charge is 2.14. The fraction of sp³-hybridized carbons (Fsp3) is 0.158. The van der Waals surface area contributed by atoms with Crippen LogP contribution in [0.5, 0.6) is 5.88 Å². The van der Waals surface area contributed by atoms with Gasteiger partial charge < -0.3 is 15.0 Å². The van der Waals surface area contributed by atoms with Gasteiger partial charge in [-0.05, 0) is 32.0 Å². The number of fused-ring (bicyclic) bond motifs is 1. The van der Waals surface area contributed by atoms with Gasteiger partial charge in [0.2, 0.25) is 5.88 Å². The fourth-order valence-electron chi connectivity index (χ4n) is 2.83. The van der Waals surface area contributed by atoms with E-state index in [-0.39, 0.29) is 5.91 Å². The number of hydrogen-bond donors (Lipinski definition) is 3. The molecule has 0 atom stereocenters. The lowest BCUT2D eigenvalue weighted by molar-refractivity contribution is 0.102. The van der Waals surface area contributed by atoms with Gasteiger partial charge in [0.15, 0.2) is 0 Å². The Bertz CT molecular complexity index is 1140. The predicted molar refractivity (Wildman–Crippen MR) is 102 cm³/mol. The first-order chi connectivity index (χ1) is 13.0. The van der Waals surface area contributed by atoms with E-state index in [2.05, 4.69) is 30.5 Å². The molecule has 0 aromatic carbocycles. The first-order valence-corrected chi connectivity index (χ1v) is 8.37. The van der Waals surface area contributed by atoms with E-state index in [1.54, 1.807) is 19.5 Å². The average molecular weight is 362 g/mol. The monoisotopic (exact) mass is 362 g/mol. The lowest BCUT2D eigenvalue weighted by Crippen LogP contribution is -2.13. The quantitative estimate of drug-likeness (QED) is 0.516. The zero-order valence-corrected chi connectivity index (χ0v) is 15.1. The van der Waals surface area contributed by atoms with E-state index in [1.807, 2.05) is 38.1 Å². The molecule has 4 aromatic heterocycles. The topological polar surface area (TPSA) is 109 Å². The van der Waals surface area contributed by atoms with Crippen LogP contribution in [0.25, 0.3) is 22.3 Å². The summed E-state index contributed by atoms with van der Waals surface area (Å²) in [4.78, 5) is 24.2. The van der Waals surface area contributed by atoms with Crippen molar-refractivity contribution in [2.45, 2.75) is 13.8 Å². The maximum absolute atomic E-state index is 12.4. The Morgan fingerprint density at radius 2 is 2.04 bits per heavy atom. The molecule has 0 bridgehead atoms. The van der Waals surface area contributed by atoms with E-state index in [9.17, 15) is 4.79 Å². The summed E-state index contributed by atoms with van der Waals surface area (Å²) in [5.74, 6) is 0.293. The highest BCUT2D eigenvalue weighted by atomic mass is 16.5. The summed E-state index contributed by atoms with van der Waals surface area (Å²) in [6.45, 7) is 3.71. The van der Waals surface area contributed by atoms with Crippen LogP contribution in [0.2, 0.25) is 0 Å². The van der Waals surface area contributed by atoms with Gasteiger partial charge >= 0.3 is 0 Å². The van der Waals surface area contributed by atoms with Crippen LogP contribution in [0.15, 0.2) is 36.7 Å². The van der Waals surface area contributed by atoms with Crippen LogP contribution in [0.3, 0.4) is 0 Å². The van der Waals surface area contributed by atoms with Gasteiger partial charge in [0.1, 0.15) is 11.3 Å². The van der Waals surface area contributed by atoms with Crippen molar-refractivity contribution in [3.05, 3.63) is 53.6 Å². The lowest BCUT2D eigenvalue weighted by Gasteiger charge is -2.04. The summed E-state index contributed by atoms with van der Waals surface area (Å²) in [6, 6.07) is 7.57. The summed E-state index contributed by atoms with van der Waals surface area (Å²) >= 11 is 0. The molecule has 0 saturated heterocycles. The van der Waals surface area contributed by atoms with Crippen molar-refractivity contribution in [3.63, 3.8) is 0 Å². The van der Waals surface area contributed by atoms with Crippen molar-refractivity contribution in [1.82, 2.24) is 25.1 Å². The minimum absolute atomic E-state index is 0.246. The number of rotatable bonds is 4. The van der Waals surface area contributed by atoms with E-state index < -0.39 is 0 Å². The number of aryl methyl sites for hydroxylation is 1. The Balaban J connectivity index is 1.62. The molecule has 136 valence electrons. The molecule has 0 unspecified atom stereocenters. The number of nitrogens with one attached hydrogen (secondary N) is 3. The fourth-order valence-corrected chi connectivity index (χ4v) is 2.83. The number of ether oxygens (including phenoxy) is 1. The number of carbonyl (C=O) groups is 1. The van der Waals surface area contributed by atoms with E-state index in [4.69, 9.17) is 4.74 Å². The number of anilines is 1. The van der Waals surface area contributed by atoms with Crippen LogP contribution < -0.4 is 10.1 Å². The molecular formula is C19H18N6O2. The van der Waals surface area contributed by atoms with Crippen LogP contribution in [-0.2, 0) is 0 Å². The molecule has 8 heteroatoms. The third-order valence-corrected chi connectivity index (χ3v) is 4.46. The molecule has 0 aliphatic carbocycles. The molecule has 0 radical (unpaired) electrons. The highest BCUT2D eigenvalue weighted by Crippen LogP contribution is 2.26. The van der Waals surface area contributed by atoms with Crippen molar-refractivity contribution in [2.24, 2.45) is 0 Å². The lowest BCUT2D eigenvalue weighted by atomic mass is 10.2. The van der Waals surface area contributed by atoms with E-state index >= 15 is 0 Å². The Kier molecular flexibility index (Phi) is 4.08.